The quantitative estimate of drug-likeness (QED) is 0.746. The number of halogens is 1. The summed E-state index contributed by atoms with van der Waals surface area (Å²) < 4.78 is 26.3. The molecule has 100 valence electrons. The van der Waals surface area contributed by atoms with E-state index in [2.05, 4.69) is 15.9 Å². The van der Waals surface area contributed by atoms with Gasteiger partial charge in [0.05, 0.1) is 5.25 Å². The lowest BCUT2D eigenvalue weighted by Crippen LogP contribution is -2.42. The van der Waals surface area contributed by atoms with Crippen molar-refractivity contribution in [3.63, 3.8) is 0 Å². The van der Waals surface area contributed by atoms with E-state index >= 15 is 0 Å². The predicted octanol–water partition coefficient (Wildman–Crippen LogP) is 2.75. The largest absolute Gasteiger partial charge is 0.216 e. The van der Waals surface area contributed by atoms with E-state index in [9.17, 15) is 8.42 Å². The lowest BCUT2D eigenvalue weighted by molar-refractivity contribution is 0.272. The lowest BCUT2D eigenvalue weighted by atomic mass is 9.85. The van der Waals surface area contributed by atoms with E-state index in [-0.39, 0.29) is 5.25 Å². The van der Waals surface area contributed by atoms with Crippen molar-refractivity contribution < 1.29 is 8.42 Å². The summed E-state index contributed by atoms with van der Waals surface area (Å²) in [5.41, 5.74) is 0. The molecule has 0 amide bonds. The van der Waals surface area contributed by atoms with E-state index in [0.717, 1.165) is 38.5 Å². The second kappa shape index (κ2) is 5.57. The SMILES string of the molecule is CN(CC1CC(Br)C1)S(=O)(=O)C1CCCCC1. The summed E-state index contributed by atoms with van der Waals surface area (Å²) in [7, 11) is -1.28. The first-order valence-corrected chi connectivity index (χ1v) is 9.01. The normalized spacial score (nSPS) is 31.5. The van der Waals surface area contributed by atoms with E-state index in [4.69, 9.17) is 0 Å². The first kappa shape index (κ1) is 13.8. The molecule has 0 bridgehead atoms. The lowest BCUT2D eigenvalue weighted by Gasteiger charge is -2.35. The molecule has 2 saturated carbocycles. The van der Waals surface area contributed by atoms with Crippen molar-refractivity contribution in [2.75, 3.05) is 13.6 Å². The molecule has 17 heavy (non-hydrogen) atoms. The van der Waals surface area contributed by atoms with Crippen molar-refractivity contribution in [3.05, 3.63) is 0 Å². The van der Waals surface area contributed by atoms with Crippen LogP contribution >= 0.6 is 15.9 Å². The minimum absolute atomic E-state index is 0.110. The zero-order valence-electron chi connectivity index (χ0n) is 10.4. The fourth-order valence-electron chi connectivity index (χ4n) is 2.89. The number of hydrogen-bond acceptors (Lipinski definition) is 2. The van der Waals surface area contributed by atoms with Gasteiger partial charge in [0.1, 0.15) is 0 Å². The topological polar surface area (TPSA) is 37.4 Å². The predicted molar refractivity (Wildman–Crippen MR) is 73.9 cm³/mol. The highest BCUT2D eigenvalue weighted by Crippen LogP contribution is 2.35. The fourth-order valence-corrected chi connectivity index (χ4v) is 5.80. The minimum Gasteiger partial charge on any atom is -0.212 e. The Kier molecular flexibility index (Phi) is 4.53. The molecule has 2 aliphatic rings. The van der Waals surface area contributed by atoms with Gasteiger partial charge in [-0.2, -0.15) is 0 Å². The summed E-state index contributed by atoms with van der Waals surface area (Å²) in [5.74, 6) is 0.558. The van der Waals surface area contributed by atoms with Crippen molar-refractivity contribution in [1.29, 1.82) is 0 Å². The Morgan fingerprint density at radius 3 is 2.29 bits per heavy atom. The molecule has 0 saturated heterocycles. The van der Waals surface area contributed by atoms with Gasteiger partial charge in [0.15, 0.2) is 0 Å². The summed E-state index contributed by atoms with van der Waals surface area (Å²) in [5, 5.41) is -0.110. The molecule has 0 N–H and O–H groups in total. The highest BCUT2D eigenvalue weighted by atomic mass is 79.9. The second-order valence-electron chi connectivity index (χ2n) is 5.52. The van der Waals surface area contributed by atoms with Gasteiger partial charge in [-0.1, -0.05) is 35.2 Å². The highest BCUT2D eigenvalue weighted by molar-refractivity contribution is 9.09. The Morgan fingerprint density at radius 2 is 1.76 bits per heavy atom. The number of alkyl halides is 1. The maximum Gasteiger partial charge on any atom is 0.216 e. The zero-order chi connectivity index (χ0) is 12.5. The maximum absolute atomic E-state index is 12.4. The first-order chi connectivity index (χ1) is 8.00. The molecular weight excluding hydrogens is 302 g/mol. The Bertz CT molecular complexity index is 346. The van der Waals surface area contributed by atoms with Crippen LogP contribution in [0.4, 0.5) is 0 Å². The van der Waals surface area contributed by atoms with Crippen molar-refractivity contribution in [2.45, 2.75) is 55.0 Å². The molecule has 3 nitrogen and oxygen atoms in total. The summed E-state index contributed by atoms with van der Waals surface area (Å²) in [6, 6.07) is 0. The molecule has 0 unspecified atom stereocenters. The standard InChI is InChI=1S/C12H22BrNO2S/c1-14(9-10-7-11(13)8-10)17(15,16)12-5-3-2-4-6-12/h10-12H,2-9H2,1H3. The monoisotopic (exact) mass is 323 g/mol. The van der Waals surface area contributed by atoms with E-state index in [0.29, 0.717) is 17.3 Å². The zero-order valence-corrected chi connectivity index (χ0v) is 12.8. The van der Waals surface area contributed by atoms with Gasteiger partial charge >= 0.3 is 0 Å². The van der Waals surface area contributed by atoms with Crippen LogP contribution in [0.2, 0.25) is 0 Å². The summed E-state index contributed by atoms with van der Waals surface area (Å²) in [4.78, 5) is 0.610. The molecule has 0 radical (unpaired) electrons. The number of hydrogen-bond donors (Lipinski definition) is 0. The van der Waals surface area contributed by atoms with Gasteiger partial charge in [-0.15, -0.1) is 0 Å². The van der Waals surface area contributed by atoms with Crippen molar-refractivity contribution in [3.8, 4) is 0 Å². The third kappa shape index (κ3) is 3.24. The Hall–Kier alpha value is 0.390. The van der Waals surface area contributed by atoms with Crippen LogP contribution in [-0.4, -0.2) is 36.4 Å². The van der Waals surface area contributed by atoms with Crippen LogP contribution in [0.25, 0.3) is 0 Å². The maximum atomic E-state index is 12.4. The Balaban J connectivity index is 1.89. The van der Waals surface area contributed by atoms with Crippen LogP contribution in [0, 0.1) is 5.92 Å². The molecule has 0 spiro atoms. The second-order valence-corrected chi connectivity index (χ2v) is 9.14. The summed E-state index contributed by atoms with van der Waals surface area (Å²) in [6.45, 7) is 0.709. The van der Waals surface area contributed by atoms with Crippen molar-refractivity contribution in [1.82, 2.24) is 4.31 Å². The molecule has 0 aromatic heterocycles. The van der Waals surface area contributed by atoms with Crippen LogP contribution < -0.4 is 0 Å². The van der Waals surface area contributed by atoms with Crippen LogP contribution in [0.3, 0.4) is 0 Å². The smallest absolute Gasteiger partial charge is 0.212 e. The van der Waals surface area contributed by atoms with E-state index < -0.39 is 10.0 Å². The minimum atomic E-state index is -3.03. The molecule has 2 aliphatic carbocycles. The van der Waals surface area contributed by atoms with Gasteiger partial charge in [0.2, 0.25) is 10.0 Å². The summed E-state index contributed by atoms with van der Waals surface area (Å²) in [6.07, 6.45) is 7.30. The van der Waals surface area contributed by atoms with Gasteiger partial charge in [-0.05, 0) is 31.6 Å². The Labute approximate surface area is 113 Å². The molecule has 0 aromatic rings. The van der Waals surface area contributed by atoms with E-state index in [1.807, 2.05) is 0 Å². The average molecular weight is 324 g/mol. The highest BCUT2D eigenvalue weighted by Gasteiger charge is 2.34. The number of sulfonamides is 1. The van der Waals surface area contributed by atoms with Gasteiger partial charge in [0, 0.05) is 18.4 Å². The molecule has 0 atom stereocenters. The van der Waals surface area contributed by atoms with Gasteiger partial charge in [0.25, 0.3) is 0 Å². The molecule has 0 heterocycles. The van der Waals surface area contributed by atoms with Crippen molar-refractivity contribution in [2.24, 2.45) is 5.92 Å². The molecule has 2 fully saturated rings. The van der Waals surface area contributed by atoms with E-state index in [1.54, 1.807) is 11.4 Å². The Morgan fingerprint density at radius 1 is 1.18 bits per heavy atom. The average Bonchev–Trinajstić information content (AvgIpc) is 2.28. The van der Waals surface area contributed by atoms with Crippen LogP contribution in [0.1, 0.15) is 44.9 Å². The van der Waals surface area contributed by atoms with Crippen LogP contribution in [0.15, 0.2) is 0 Å². The third-order valence-electron chi connectivity index (χ3n) is 4.10. The fraction of sp³-hybridized carbons (Fsp3) is 1.00. The molecule has 0 aromatic carbocycles. The molecule has 5 heteroatoms. The van der Waals surface area contributed by atoms with Crippen molar-refractivity contribution >= 4 is 26.0 Å². The number of rotatable bonds is 4. The first-order valence-electron chi connectivity index (χ1n) is 6.59. The molecule has 0 aliphatic heterocycles. The van der Waals surface area contributed by atoms with Crippen LogP contribution in [-0.2, 0) is 10.0 Å². The summed E-state index contributed by atoms with van der Waals surface area (Å²) >= 11 is 3.55. The molecular formula is C12H22BrNO2S. The van der Waals surface area contributed by atoms with Gasteiger partial charge < -0.3 is 0 Å². The number of nitrogens with zero attached hydrogens (tertiary/aromatic N) is 1. The van der Waals surface area contributed by atoms with E-state index in [1.165, 1.54) is 6.42 Å². The molecule has 2 rings (SSSR count). The third-order valence-corrected chi connectivity index (χ3v) is 7.18. The van der Waals surface area contributed by atoms with Crippen LogP contribution in [0.5, 0.6) is 0 Å². The van der Waals surface area contributed by atoms with Gasteiger partial charge in [-0.25, -0.2) is 12.7 Å². The van der Waals surface area contributed by atoms with Gasteiger partial charge in [-0.3, -0.25) is 0 Å².